The van der Waals surface area contributed by atoms with Crippen molar-refractivity contribution in [2.75, 3.05) is 13.1 Å². The van der Waals surface area contributed by atoms with E-state index in [4.69, 9.17) is 5.11 Å². The molecule has 1 N–H and O–H groups in total. The molecule has 0 radical (unpaired) electrons. The summed E-state index contributed by atoms with van der Waals surface area (Å²) in [6.07, 6.45) is 2.71. The maximum Gasteiger partial charge on any atom is 0.345 e. The Morgan fingerprint density at radius 3 is 2.72 bits per heavy atom. The van der Waals surface area contributed by atoms with E-state index in [0.29, 0.717) is 19.5 Å². The van der Waals surface area contributed by atoms with E-state index < -0.39 is 16.0 Å². The zero-order chi connectivity index (χ0) is 13.3. The molecule has 1 aromatic heterocycles. The number of rotatable bonds is 3. The van der Waals surface area contributed by atoms with E-state index >= 15 is 0 Å². The summed E-state index contributed by atoms with van der Waals surface area (Å²) in [5.74, 6) is -1.10. The van der Waals surface area contributed by atoms with Crippen LogP contribution in [0.1, 0.15) is 23.0 Å². The summed E-state index contributed by atoms with van der Waals surface area (Å²) >= 11 is 0.794. The van der Waals surface area contributed by atoms with Crippen LogP contribution >= 0.6 is 11.3 Å². The molecule has 0 amide bonds. The quantitative estimate of drug-likeness (QED) is 0.860. The van der Waals surface area contributed by atoms with Crippen LogP contribution in [-0.4, -0.2) is 36.9 Å². The van der Waals surface area contributed by atoms with Gasteiger partial charge < -0.3 is 5.11 Å². The Morgan fingerprint density at radius 2 is 2.17 bits per heavy atom. The SMILES string of the molecule is CC1=CCCN(S(=O)(=O)c2ccc(C(=O)O)s2)C1. The molecule has 0 saturated carbocycles. The minimum Gasteiger partial charge on any atom is -0.477 e. The molecule has 2 rings (SSSR count). The van der Waals surface area contributed by atoms with Gasteiger partial charge in [-0.15, -0.1) is 11.3 Å². The molecule has 18 heavy (non-hydrogen) atoms. The van der Waals surface area contributed by atoms with Crippen LogP contribution in [0.2, 0.25) is 0 Å². The molecular weight excluding hydrogens is 274 g/mol. The van der Waals surface area contributed by atoms with Crippen molar-refractivity contribution in [2.45, 2.75) is 17.6 Å². The number of hydrogen-bond donors (Lipinski definition) is 1. The van der Waals surface area contributed by atoms with E-state index in [1.807, 2.05) is 13.0 Å². The lowest BCUT2D eigenvalue weighted by molar-refractivity contribution is 0.0702. The predicted octanol–water partition coefficient (Wildman–Crippen LogP) is 1.79. The number of thiophene rings is 1. The minimum atomic E-state index is -3.56. The summed E-state index contributed by atoms with van der Waals surface area (Å²) in [5, 5.41) is 8.81. The van der Waals surface area contributed by atoms with Crippen molar-refractivity contribution in [3.05, 3.63) is 28.7 Å². The molecule has 0 unspecified atom stereocenters. The van der Waals surface area contributed by atoms with Gasteiger partial charge in [-0.2, -0.15) is 4.31 Å². The molecule has 0 aromatic carbocycles. The Labute approximate surface area is 109 Å². The van der Waals surface area contributed by atoms with E-state index in [1.54, 1.807) is 0 Å². The lowest BCUT2D eigenvalue weighted by Gasteiger charge is -2.24. The Kier molecular flexibility index (Phi) is 3.56. The van der Waals surface area contributed by atoms with Gasteiger partial charge in [0.05, 0.1) is 0 Å². The Hall–Kier alpha value is -1.18. The molecule has 0 fully saturated rings. The summed E-state index contributed by atoms with van der Waals surface area (Å²) in [5.41, 5.74) is 1.01. The summed E-state index contributed by atoms with van der Waals surface area (Å²) in [4.78, 5) is 10.8. The van der Waals surface area contributed by atoms with Crippen molar-refractivity contribution in [3.8, 4) is 0 Å². The normalized spacial score (nSPS) is 17.5. The van der Waals surface area contributed by atoms with E-state index in [1.165, 1.54) is 16.4 Å². The third-order valence-corrected chi connectivity index (χ3v) is 6.07. The van der Waals surface area contributed by atoms with Crippen LogP contribution in [0.15, 0.2) is 28.0 Å². The molecule has 7 heteroatoms. The predicted molar refractivity (Wildman–Crippen MR) is 68.4 cm³/mol. The fourth-order valence-electron chi connectivity index (χ4n) is 1.78. The van der Waals surface area contributed by atoms with Gasteiger partial charge in [0, 0.05) is 13.1 Å². The molecule has 0 atom stereocenters. The smallest absolute Gasteiger partial charge is 0.345 e. The highest BCUT2D eigenvalue weighted by Gasteiger charge is 2.28. The highest BCUT2D eigenvalue weighted by molar-refractivity contribution is 7.91. The summed E-state index contributed by atoms with van der Waals surface area (Å²) < 4.78 is 26.1. The first kappa shape index (κ1) is 13.3. The standard InChI is InChI=1S/C11H13NO4S2/c1-8-3-2-6-12(7-8)18(15,16)10-5-4-9(17-10)11(13)14/h3-5H,2,6-7H2,1H3,(H,13,14). The van der Waals surface area contributed by atoms with E-state index in [-0.39, 0.29) is 9.09 Å². The Bertz CT molecular complexity index is 600. The zero-order valence-electron chi connectivity index (χ0n) is 9.79. The number of carboxylic acids is 1. The summed E-state index contributed by atoms with van der Waals surface area (Å²) in [7, 11) is -3.56. The van der Waals surface area contributed by atoms with Crippen LogP contribution < -0.4 is 0 Å². The van der Waals surface area contributed by atoms with Gasteiger partial charge in [-0.05, 0) is 25.5 Å². The van der Waals surface area contributed by atoms with Gasteiger partial charge >= 0.3 is 5.97 Å². The summed E-state index contributed by atoms with van der Waals surface area (Å²) in [6, 6.07) is 2.68. The second-order valence-corrected chi connectivity index (χ2v) is 7.35. The second-order valence-electron chi connectivity index (χ2n) is 4.10. The zero-order valence-corrected chi connectivity index (χ0v) is 11.4. The van der Waals surface area contributed by atoms with Crippen molar-refractivity contribution >= 4 is 27.3 Å². The Morgan fingerprint density at radius 1 is 1.44 bits per heavy atom. The highest BCUT2D eigenvalue weighted by atomic mass is 32.2. The van der Waals surface area contributed by atoms with E-state index in [2.05, 4.69) is 0 Å². The maximum atomic E-state index is 12.3. The van der Waals surface area contributed by atoms with E-state index in [9.17, 15) is 13.2 Å². The van der Waals surface area contributed by atoms with Crippen LogP contribution in [-0.2, 0) is 10.0 Å². The molecule has 5 nitrogen and oxygen atoms in total. The van der Waals surface area contributed by atoms with Crippen molar-refractivity contribution < 1.29 is 18.3 Å². The van der Waals surface area contributed by atoms with Gasteiger partial charge in [0.2, 0.25) is 0 Å². The van der Waals surface area contributed by atoms with Gasteiger partial charge in [-0.1, -0.05) is 11.6 Å². The van der Waals surface area contributed by atoms with Crippen LogP contribution in [0.4, 0.5) is 0 Å². The molecule has 1 aliphatic heterocycles. The molecular formula is C11H13NO4S2. The van der Waals surface area contributed by atoms with Crippen LogP contribution in [0.3, 0.4) is 0 Å². The third kappa shape index (κ3) is 2.47. The lowest BCUT2D eigenvalue weighted by atomic mass is 10.2. The number of hydrogen-bond acceptors (Lipinski definition) is 4. The molecule has 1 aliphatic rings. The molecule has 0 spiro atoms. The van der Waals surface area contributed by atoms with Crippen LogP contribution in [0, 0.1) is 0 Å². The second kappa shape index (κ2) is 4.83. The number of carbonyl (C=O) groups is 1. The van der Waals surface area contributed by atoms with Crippen LogP contribution in [0.25, 0.3) is 0 Å². The van der Waals surface area contributed by atoms with Gasteiger partial charge in [0.25, 0.3) is 10.0 Å². The average Bonchev–Trinajstić information content (AvgIpc) is 2.79. The Balaban J connectivity index is 2.30. The van der Waals surface area contributed by atoms with Crippen LogP contribution in [0.5, 0.6) is 0 Å². The fraction of sp³-hybridized carbons (Fsp3) is 0.364. The van der Waals surface area contributed by atoms with Gasteiger partial charge in [-0.3, -0.25) is 0 Å². The number of sulfonamides is 1. The number of aromatic carboxylic acids is 1. The largest absolute Gasteiger partial charge is 0.477 e. The monoisotopic (exact) mass is 287 g/mol. The van der Waals surface area contributed by atoms with Gasteiger partial charge in [0.1, 0.15) is 9.09 Å². The van der Waals surface area contributed by atoms with Crippen molar-refractivity contribution in [3.63, 3.8) is 0 Å². The molecule has 2 heterocycles. The maximum absolute atomic E-state index is 12.3. The molecule has 0 aliphatic carbocycles. The van der Waals surface area contributed by atoms with Gasteiger partial charge in [0.15, 0.2) is 0 Å². The first-order valence-electron chi connectivity index (χ1n) is 5.40. The van der Waals surface area contributed by atoms with Gasteiger partial charge in [-0.25, -0.2) is 13.2 Å². The number of carboxylic acid groups (broad SMARTS) is 1. The topological polar surface area (TPSA) is 74.7 Å². The third-order valence-electron chi connectivity index (χ3n) is 2.68. The first-order valence-corrected chi connectivity index (χ1v) is 7.66. The van der Waals surface area contributed by atoms with Crippen molar-refractivity contribution in [1.82, 2.24) is 4.31 Å². The highest BCUT2D eigenvalue weighted by Crippen LogP contribution is 2.26. The van der Waals surface area contributed by atoms with E-state index in [0.717, 1.165) is 16.9 Å². The van der Waals surface area contributed by atoms with Crippen molar-refractivity contribution in [1.29, 1.82) is 0 Å². The lowest BCUT2D eigenvalue weighted by Crippen LogP contribution is -2.34. The molecule has 1 aromatic rings. The molecule has 0 saturated heterocycles. The summed E-state index contributed by atoms with van der Waals surface area (Å²) in [6.45, 7) is 2.71. The first-order chi connectivity index (χ1) is 8.41. The molecule has 98 valence electrons. The number of nitrogens with zero attached hydrogens (tertiary/aromatic N) is 1. The van der Waals surface area contributed by atoms with Crippen molar-refractivity contribution in [2.24, 2.45) is 0 Å². The minimum absolute atomic E-state index is 0.0397. The average molecular weight is 287 g/mol. The molecule has 0 bridgehead atoms. The fourth-order valence-corrected chi connectivity index (χ4v) is 4.58.